The van der Waals surface area contributed by atoms with Gasteiger partial charge in [-0.3, -0.25) is 9.48 Å². The van der Waals surface area contributed by atoms with Crippen LogP contribution in [0.4, 0.5) is 0 Å². The van der Waals surface area contributed by atoms with E-state index in [1.165, 1.54) is 8.99 Å². The number of hydrogen-bond acceptors (Lipinski definition) is 4. The van der Waals surface area contributed by atoms with Gasteiger partial charge in [0.2, 0.25) is 10.0 Å². The van der Waals surface area contributed by atoms with Crippen LogP contribution >= 0.6 is 0 Å². The number of aryl methyl sites for hydroxylation is 1. The maximum Gasteiger partial charge on any atom is 0.325 e. The molecular weight excluding hydrogens is 294 g/mol. The molecule has 0 radical (unpaired) electrons. The fourth-order valence-corrected chi connectivity index (χ4v) is 4.74. The second kappa shape index (κ2) is 5.10. The quantitative estimate of drug-likeness (QED) is 0.895. The van der Waals surface area contributed by atoms with E-state index in [-0.39, 0.29) is 16.9 Å². The zero-order valence-electron chi connectivity index (χ0n) is 12.8. The van der Waals surface area contributed by atoms with Crippen LogP contribution in [-0.4, -0.2) is 46.7 Å². The van der Waals surface area contributed by atoms with Crippen molar-refractivity contribution in [3.05, 3.63) is 11.4 Å². The normalized spacial score (nSPS) is 19.0. The molecule has 1 aromatic rings. The van der Waals surface area contributed by atoms with Crippen molar-refractivity contribution in [2.75, 3.05) is 13.1 Å². The molecule has 8 heteroatoms. The lowest BCUT2D eigenvalue weighted by Crippen LogP contribution is -2.31. The number of aliphatic carboxylic acids is 1. The zero-order chi connectivity index (χ0) is 16.0. The van der Waals surface area contributed by atoms with Crippen LogP contribution in [0.1, 0.15) is 31.7 Å². The summed E-state index contributed by atoms with van der Waals surface area (Å²) >= 11 is 0. The van der Waals surface area contributed by atoms with Crippen molar-refractivity contribution in [1.29, 1.82) is 0 Å². The van der Waals surface area contributed by atoms with Crippen molar-refractivity contribution in [1.82, 2.24) is 14.1 Å². The minimum Gasteiger partial charge on any atom is -0.480 e. The van der Waals surface area contributed by atoms with Crippen molar-refractivity contribution in [2.45, 2.75) is 45.6 Å². The van der Waals surface area contributed by atoms with E-state index in [0.717, 1.165) is 6.42 Å². The molecule has 7 nitrogen and oxygen atoms in total. The van der Waals surface area contributed by atoms with E-state index in [0.29, 0.717) is 24.5 Å². The Balaban J connectivity index is 2.42. The van der Waals surface area contributed by atoms with Crippen LogP contribution in [0.5, 0.6) is 0 Å². The van der Waals surface area contributed by atoms with Gasteiger partial charge < -0.3 is 5.11 Å². The van der Waals surface area contributed by atoms with Crippen molar-refractivity contribution in [3.63, 3.8) is 0 Å². The lowest BCUT2D eigenvalue weighted by atomic mass is 9.93. The number of rotatable bonds is 4. The first kappa shape index (κ1) is 16.0. The highest BCUT2D eigenvalue weighted by molar-refractivity contribution is 7.89. The molecule has 0 saturated carbocycles. The Bertz CT molecular complexity index is 676. The molecule has 0 atom stereocenters. The van der Waals surface area contributed by atoms with Crippen LogP contribution in [0.15, 0.2) is 4.90 Å². The summed E-state index contributed by atoms with van der Waals surface area (Å²) < 4.78 is 28.3. The van der Waals surface area contributed by atoms with Gasteiger partial charge in [0, 0.05) is 13.1 Å². The van der Waals surface area contributed by atoms with E-state index >= 15 is 0 Å². The summed E-state index contributed by atoms with van der Waals surface area (Å²) in [6.45, 7) is 7.88. The highest BCUT2D eigenvalue weighted by atomic mass is 32.2. The molecule has 1 saturated heterocycles. The lowest BCUT2D eigenvalue weighted by molar-refractivity contribution is -0.137. The molecule has 0 spiro atoms. The molecule has 21 heavy (non-hydrogen) atoms. The van der Waals surface area contributed by atoms with Crippen LogP contribution in [0.2, 0.25) is 0 Å². The molecule has 2 heterocycles. The Kier molecular flexibility index (Phi) is 3.88. The third-order valence-electron chi connectivity index (χ3n) is 3.84. The van der Waals surface area contributed by atoms with Crippen LogP contribution < -0.4 is 0 Å². The van der Waals surface area contributed by atoms with E-state index in [1.807, 2.05) is 13.8 Å². The Labute approximate surface area is 124 Å². The summed E-state index contributed by atoms with van der Waals surface area (Å²) in [5.41, 5.74) is 0.685. The predicted molar refractivity (Wildman–Crippen MR) is 76.5 cm³/mol. The third kappa shape index (κ3) is 2.96. The van der Waals surface area contributed by atoms with Gasteiger partial charge in [0.1, 0.15) is 11.4 Å². The predicted octanol–water partition coefficient (Wildman–Crippen LogP) is 1.01. The topological polar surface area (TPSA) is 92.5 Å². The minimum absolute atomic E-state index is 0.0358. The second-order valence-electron chi connectivity index (χ2n) is 6.30. The number of aromatic nitrogens is 2. The number of hydrogen-bond donors (Lipinski definition) is 1. The fraction of sp³-hybridized carbons (Fsp3) is 0.692. The zero-order valence-corrected chi connectivity index (χ0v) is 13.6. The molecule has 1 N–H and O–H groups in total. The molecular formula is C13H21N3O4S. The van der Waals surface area contributed by atoms with E-state index < -0.39 is 16.0 Å². The largest absolute Gasteiger partial charge is 0.480 e. The third-order valence-corrected chi connectivity index (χ3v) is 5.94. The van der Waals surface area contributed by atoms with Crippen LogP contribution in [0.25, 0.3) is 0 Å². The smallest absolute Gasteiger partial charge is 0.325 e. The average molecular weight is 315 g/mol. The Hall–Kier alpha value is -1.41. The van der Waals surface area contributed by atoms with E-state index in [2.05, 4.69) is 5.10 Å². The average Bonchev–Trinajstić information content (AvgIpc) is 2.80. The van der Waals surface area contributed by atoms with Gasteiger partial charge in [0.15, 0.2) is 0 Å². The molecule has 1 fully saturated rings. The van der Waals surface area contributed by atoms with Gasteiger partial charge in [-0.15, -0.1) is 0 Å². The highest BCUT2D eigenvalue weighted by Gasteiger charge is 2.39. The lowest BCUT2D eigenvalue weighted by Gasteiger charge is -2.19. The van der Waals surface area contributed by atoms with Gasteiger partial charge in [-0.05, 0) is 25.7 Å². The van der Waals surface area contributed by atoms with Crippen molar-refractivity contribution >= 4 is 16.0 Å². The summed E-state index contributed by atoms with van der Waals surface area (Å²) in [5, 5.41) is 12.9. The van der Waals surface area contributed by atoms with Gasteiger partial charge in [0.05, 0.1) is 11.4 Å². The fourth-order valence-electron chi connectivity index (χ4n) is 2.73. The number of nitrogens with zero attached hydrogens (tertiary/aromatic N) is 3. The van der Waals surface area contributed by atoms with Gasteiger partial charge in [0.25, 0.3) is 0 Å². The monoisotopic (exact) mass is 315 g/mol. The van der Waals surface area contributed by atoms with Crippen molar-refractivity contribution < 1.29 is 18.3 Å². The van der Waals surface area contributed by atoms with Crippen LogP contribution in [0.3, 0.4) is 0 Å². The standard InChI is InChI=1S/C13H21N3O4S/c1-9-12(10(2)16(14-9)7-11(17)18)21(19,20)15-6-5-13(3,4)8-15/h5-8H2,1-4H3,(H,17,18). The first-order chi connectivity index (χ1) is 9.54. The van der Waals surface area contributed by atoms with Crippen molar-refractivity contribution in [2.24, 2.45) is 5.41 Å². The maximum absolute atomic E-state index is 12.8. The summed E-state index contributed by atoms with van der Waals surface area (Å²) in [5.74, 6) is -1.05. The second-order valence-corrected chi connectivity index (χ2v) is 8.18. The molecule has 1 aliphatic heterocycles. The number of carboxylic acid groups (broad SMARTS) is 1. The molecule has 2 rings (SSSR count). The molecule has 1 aromatic heterocycles. The summed E-state index contributed by atoms with van der Waals surface area (Å²) in [6, 6.07) is 0. The molecule has 0 unspecified atom stereocenters. The first-order valence-electron chi connectivity index (χ1n) is 6.80. The minimum atomic E-state index is -3.63. The molecule has 0 bridgehead atoms. The molecule has 1 aliphatic rings. The van der Waals surface area contributed by atoms with E-state index in [4.69, 9.17) is 5.11 Å². The molecule has 0 aliphatic carbocycles. The van der Waals surface area contributed by atoms with Crippen LogP contribution in [0, 0.1) is 19.3 Å². The Morgan fingerprint density at radius 3 is 2.48 bits per heavy atom. The highest BCUT2D eigenvalue weighted by Crippen LogP contribution is 2.34. The maximum atomic E-state index is 12.8. The Morgan fingerprint density at radius 2 is 2.00 bits per heavy atom. The van der Waals surface area contributed by atoms with Crippen LogP contribution in [-0.2, 0) is 21.4 Å². The van der Waals surface area contributed by atoms with Crippen molar-refractivity contribution in [3.8, 4) is 0 Å². The summed E-state index contributed by atoms with van der Waals surface area (Å²) in [7, 11) is -3.63. The van der Waals surface area contributed by atoms with Gasteiger partial charge >= 0.3 is 5.97 Å². The molecule has 118 valence electrons. The number of carboxylic acids is 1. The van der Waals surface area contributed by atoms with Gasteiger partial charge in [-0.2, -0.15) is 9.40 Å². The molecule has 0 aromatic carbocycles. The molecule has 0 amide bonds. The Morgan fingerprint density at radius 1 is 1.38 bits per heavy atom. The summed E-state index contributed by atoms with van der Waals surface area (Å²) in [4.78, 5) is 11.0. The van der Waals surface area contributed by atoms with E-state index in [9.17, 15) is 13.2 Å². The number of sulfonamides is 1. The number of carbonyl (C=O) groups is 1. The van der Waals surface area contributed by atoms with E-state index in [1.54, 1.807) is 13.8 Å². The van der Waals surface area contributed by atoms with Gasteiger partial charge in [-0.1, -0.05) is 13.8 Å². The summed E-state index contributed by atoms with van der Waals surface area (Å²) in [6.07, 6.45) is 0.813. The van der Waals surface area contributed by atoms with Gasteiger partial charge in [-0.25, -0.2) is 8.42 Å². The first-order valence-corrected chi connectivity index (χ1v) is 8.24. The SMILES string of the molecule is Cc1nn(CC(=O)O)c(C)c1S(=O)(=O)N1CCC(C)(C)C1.